The first-order valence-electron chi connectivity index (χ1n) is 11.6. The molecular weight excluding hydrogens is 424 g/mol. The molecule has 2 atom stereocenters. The average molecular weight is 465 g/mol. The van der Waals surface area contributed by atoms with Crippen LogP contribution >= 0.6 is 0 Å². The first kappa shape index (κ1) is 32.4. The van der Waals surface area contributed by atoms with Crippen LogP contribution in [-0.4, -0.2) is 41.3 Å². The number of rotatable bonds is 13. The van der Waals surface area contributed by atoms with Gasteiger partial charge in [0, 0.05) is 23.8 Å². The van der Waals surface area contributed by atoms with Gasteiger partial charge in [0.15, 0.2) is 18.2 Å². The molecule has 0 aromatic heterocycles. The normalized spacial score (nSPS) is 11.5. The Hall–Kier alpha value is -2.83. The number of ketones is 3. The summed E-state index contributed by atoms with van der Waals surface area (Å²) in [4.78, 5) is 55.3. The minimum absolute atomic E-state index is 0.0907. The molecular formula is C26H40O7. The third-order valence-corrected chi connectivity index (χ3v) is 4.88. The number of aldehydes is 1. The molecule has 186 valence electrons. The summed E-state index contributed by atoms with van der Waals surface area (Å²) in [6.45, 7) is 12.1. The number of carboxylic acid groups (broad SMARTS) is 1. The fourth-order valence-corrected chi connectivity index (χ4v) is 2.90. The molecule has 0 radical (unpaired) electrons. The summed E-state index contributed by atoms with van der Waals surface area (Å²) >= 11 is 0. The van der Waals surface area contributed by atoms with E-state index in [2.05, 4.69) is 6.92 Å². The van der Waals surface area contributed by atoms with Gasteiger partial charge in [0.2, 0.25) is 0 Å². The molecule has 0 saturated heterocycles. The molecule has 0 aliphatic rings. The van der Waals surface area contributed by atoms with Crippen LogP contribution in [0.4, 0.5) is 0 Å². The van der Waals surface area contributed by atoms with Gasteiger partial charge < -0.3 is 14.6 Å². The van der Waals surface area contributed by atoms with Gasteiger partial charge >= 0.3 is 5.97 Å². The lowest BCUT2D eigenvalue weighted by Gasteiger charge is -2.10. The highest BCUT2D eigenvalue weighted by Crippen LogP contribution is 2.23. The number of carbonyl (C=O) groups excluding carboxylic acids is 4. The van der Waals surface area contributed by atoms with Gasteiger partial charge in [-0.2, -0.15) is 0 Å². The van der Waals surface area contributed by atoms with Crippen LogP contribution in [0.2, 0.25) is 0 Å². The lowest BCUT2D eigenvalue weighted by atomic mass is 9.93. The largest absolute Gasteiger partial charge is 0.481 e. The highest BCUT2D eigenvalue weighted by atomic mass is 16.5. The number of hydrogen-bond acceptors (Lipinski definition) is 6. The van der Waals surface area contributed by atoms with Gasteiger partial charge in [0.25, 0.3) is 0 Å². The maximum absolute atomic E-state index is 11.5. The van der Waals surface area contributed by atoms with Crippen molar-refractivity contribution < 1.29 is 33.8 Å². The van der Waals surface area contributed by atoms with E-state index < -0.39 is 12.6 Å². The van der Waals surface area contributed by atoms with Crippen molar-refractivity contribution in [2.24, 2.45) is 11.8 Å². The van der Waals surface area contributed by atoms with E-state index in [4.69, 9.17) is 9.84 Å². The molecule has 1 rings (SSSR count). The zero-order valence-corrected chi connectivity index (χ0v) is 21.1. The molecule has 1 N–H and O–H groups in total. The number of carboxylic acids is 1. The van der Waals surface area contributed by atoms with Gasteiger partial charge in [0.1, 0.15) is 17.8 Å². The molecule has 0 fully saturated rings. The Bertz CT molecular complexity index is 768. The van der Waals surface area contributed by atoms with E-state index in [-0.39, 0.29) is 40.3 Å². The van der Waals surface area contributed by atoms with Crippen LogP contribution in [0.1, 0.15) is 101 Å². The number of ether oxygens (including phenoxy) is 1. The first-order valence-corrected chi connectivity index (χ1v) is 11.6. The number of carbonyl (C=O) groups is 5. The monoisotopic (exact) mass is 464 g/mol. The molecule has 2 unspecified atom stereocenters. The van der Waals surface area contributed by atoms with Gasteiger partial charge in [-0.15, -0.1) is 0 Å². The zero-order chi connectivity index (χ0) is 26.0. The summed E-state index contributed by atoms with van der Waals surface area (Å²) in [5.74, 6) is -1.08. The second-order valence-electron chi connectivity index (χ2n) is 7.47. The highest BCUT2D eigenvalue weighted by Gasteiger charge is 2.17. The average Bonchev–Trinajstić information content (AvgIpc) is 2.80. The van der Waals surface area contributed by atoms with Crippen molar-refractivity contribution >= 4 is 29.6 Å². The summed E-state index contributed by atoms with van der Waals surface area (Å²) in [6.07, 6.45) is 5.13. The fourth-order valence-electron chi connectivity index (χ4n) is 2.90. The lowest BCUT2D eigenvalue weighted by molar-refractivity contribution is -0.139. The summed E-state index contributed by atoms with van der Waals surface area (Å²) in [7, 11) is 0. The van der Waals surface area contributed by atoms with Crippen LogP contribution in [0.25, 0.3) is 0 Å². The molecule has 0 bridgehead atoms. The van der Waals surface area contributed by atoms with E-state index in [1.165, 1.54) is 26.0 Å². The molecule has 0 aliphatic heterocycles. The SMILES string of the molecule is CC.CC(=O)c1cccc(OCC(=O)O)c1C(C)=O.CCCC(C=O)CCC(=O)C(C)CC. The second kappa shape index (κ2) is 18.7. The topological polar surface area (TPSA) is 115 Å². The van der Waals surface area contributed by atoms with Crippen LogP contribution in [-0.2, 0) is 14.4 Å². The van der Waals surface area contributed by atoms with E-state index in [1.807, 2.05) is 27.7 Å². The Balaban J connectivity index is 0. The van der Waals surface area contributed by atoms with Crippen molar-refractivity contribution in [3.05, 3.63) is 29.3 Å². The van der Waals surface area contributed by atoms with Gasteiger partial charge in [-0.3, -0.25) is 14.4 Å². The number of hydrogen-bond donors (Lipinski definition) is 1. The van der Waals surface area contributed by atoms with E-state index in [0.717, 1.165) is 32.0 Å². The molecule has 1 aromatic rings. The minimum Gasteiger partial charge on any atom is -0.481 e. The van der Waals surface area contributed by atoms with Crippen LogP contribution in [0.5, 0.6) is 5.75 Å². The van der Waals surface area contributed by atoms with Crippen molar-refractivity contribution in [1.29, 1.82) is 0 Å². The Morgan fingerprint density at radius 2 is 1.64 bits per heavy atom. The van der Waals surface area contributed by atoms with Gasteiger partial charge in [-0.25, -0.2) is 4.79 Å². The summed E-state index contributed by atoms with van der Waals surface area (Å²) in [5.41, 5.74) is 0.363. The Morgan fingerprint density at radius 3 is 2.06 bits per heavy atom. The molecule has 0 heterocycles. The van der Waals surface area contributed by atoms with Crippen molar-refractivity contribution in [1.82, 2.24) is 0 Å². The third-order valence-electron chi connectivity index (χ3n) is 4.88. The third kappa shape index (κ3) is 13.3. The van der Waals surface area contributed by atoms with E-state index in [1.54, 1.807) is 6.07 Å². The van der Waals surface area contributed by atoms with Crippen molar-refractivity contribution in [2.75, 3.05) is 6.61 Å². The van der Waals surface area contributed by atoms with Crippen LogP contribution in [0.15, 0.2) is 18.2 Å². The van der Waals surface area contributed by atoms with Crippen LogP contribution < -0.4 is 4.74 Å². The van der Waals surface area contributed by atoms with Crippen molar-refractivity contribution in [3.63, 3.8) is 0 Å². The fraction of sp³-hybridized carbons (Fsp3) is 0.577. The molecule has 33 heavy (non-hydrogen) atoms. The molecule has 7 heteroatoms. The predicted octanol–water partition coefficient (Wildman–Crippen LogP) is 5.58. The van der Waals surface area contributed by atoms with E-state index in [0.29, 0.717) is 12.2 Å². The minimum atomic E-state index is -1.15. The molecule has 0 aliphatic carbocycles. The number of aliphatic carboxylic acids is 1. The second-order valence-corrected chi connectivity index (χ2v) is 7.47. The predicted molar refractivity (Wildman–Crippen MR) is 129 cm³/mol. The summed E-state index contributed by atoms with van der Waals surface area (Å²) < 4.78 is 4.98. The highest BCUT2D eigenvalue weighted by molar-refractivity contribution is 6.09. The maximum atomic E-state index is 11.5. The maximum Gasteiger partial charge on any atom is 0.341 e. The number of benzene rings is 1. The Morgan fingerprint density at radius 1 is 1.03 bits per heavy atom. The van der Waals surface area contributed by atoms with Crippen LogP contribution in [0, 0.1) is 11.8 Å². The molecule has 0 spiro atoms. The lowest BCUT2D eigenvalue weighted by Crippen LogP contribution is -2.13. The number of Topliss-reactive ketones (excluding diaryl/α,β-unsaturated/α-hetero) is 3. The van der Waals surface area contributed by atoms with E-state index >= 15 is 0 Å². The quantitative estimate of drug-likeness (QED) is 0.299. The van der Waals surface area contributed by atoms with E-state index in [9.17, 15) is 24.0 Å². The van der Waals surface area contributed by atoms with Gasteiger partial charge in [0.05, 0.1) is 5.56 Å². The molecule has 1 aromatic carbocycles. The van der Waals surface area contributed by atoms with Gasteiger partial charge in [-0.05, 0) is 39.2 Å². The smallest absolute Gasteiger partial charge is 0.341 e. The standard InChI is InChI=1S/C12H12O5.C12H22O2.C2H6/c1-7(13)9-4-3-5-10(12(9)8(2)14)17-6-11(15)16;1-4-6-11(9-13)7-8-12(14)10(3)5-2;1-2/h3-5H,6H2,1-2H3,(H,15,16);9-11H,4-8H2,1-3H3;1-2H3. The molecule has 0 saturated carbocycles. The zero-order valence-electron chi connectivity index (χ0n) is 21.1. The van der Waals surface area contributed by atoms with Crippen molar-refractivity contribution in [2.45, 2.75) is 80.6 Å². The molecule has 7 nitrogen and oxygen atoms in total. The summed E-state index contributed by atoms with van der Waals surface area (Å²) in [5, 5.41) is 8.51. The van der Waals surface area contributed by atoms with Crippen molar-refractivity contribution in [3.8, 4) is 5.75 Å². The molecule has 0 amide bonds. The van der Waals surface area contributed by atoms with Crippen LogP contribution in [0.3, 0.4) is 0 Å². The summed E-state index contributed by atoms with van der Waals surface area (Å²) in [6, 6.07) is 4.51. The van der Waals surface area contributed by atoms with Gasteiger partial charge in [-0.1, -0.05) is 53.2 Å². The first-order chi connectivity index (χ1) is 15.6. The Kier molecular flexibility index (Phi) is 18.3. The Labute approximate surface area is 197 Å².